The standard InChI is InChI=1S/C18H16ClN3O2S/c19-17-12-15-13-21(25(23,24)16-6-8-20-9-7-16)10-11-22(15)18(17)14-4-2-1-3-5-14/h1-9,12H,10-11,13H2. The van der Waals surface area contributed by atoms with E-state index >= 15 is 0 Å². The van der Waals surface area contributed by atoms with Crippen LogP contribution >= 0.6 is 11.6 Å². The average molecular weight is 374 g/mol. The molecule has 3 aromatic rings. The number of hydrogen-bond acceptors (Lipinski definition) is 3. The minimum absolute atomic E-state index is 0.261. The Bertz CT molecular complexity index is 1000. The van der Waals surface area contributed by atoms with Gasteiger partial charge in [0, 0.05) is 31.2 Å². The largest absolute Gasteiger partial charge is 0.341 e. The van der Waals surface area contributed by atoms with Crippen molar-refractivity contribution in [3.05, 3.63) is 71.6 Å². The smallest absolute Gasteiger partial charge is 0.243 e. The van der Waals surface area contributed by atoms with Crippen molar-refractivity contribution in [2.24, 2.45) is 0 Å². The van der Waals surface area contributed by atoms with E-state index in [0.29, 0.717) is 24.7 Å². The molecule has 0 N–H and O–H groups in total. The molecule has 1 aliphatic heterocycles. The molecule has 5 nitrogen and oxygen atoms in total. The SMILES string of the molecule is O=S(=O)(c1ccncc1)N1CCn2c(cc(Cl)c2-c2ccccc2)C1. The van der Waals surface area contributed by atoms with E-state index in [1.54, 1.807) is 0 Å². The van der Waals surface area contributed by atoms with Gasteiger partial charge in [0.2, 0.25) is 10.0 Å². The summed E-state index contributed by atoms with van der Waals surface area (Å²) < 4.78 is 29.2. The minimum atomic E-state index is -3.54. The molecule has 2 aromatic heterocycles. The van der Waals surface area contributed by atoms with Crippen LogP contribution in [0.25, 0.3) is 11.3 Å². The van der Waals surface area contributed by atoms with E-state index in [1.807, 2.05) is 36.4 Å². The molecule has 1 aromatic carbocycles. The number of fused-ring (bicyclic) bond motifs is 1. The Morgan fingerprint density at radius 1 is 1.00 bits per heavy atom. The second kappa shape index (κ2) is 6.29. The normalized spacial score (nSPS) is 15.1. The number of aromatic nitrogens is 2. The van der Waals surface area contributed by atoms with Crippen LogP contribution in [0.4, 0.5) is 0 Å². The summed E-state index contributed by atoms with van der Waals surface area (Å²) in [6.45, 7) is 1.27. The summed E-state index contributed by atoms with van der Waals surface area (Å²) in [7, 11) is -3.54. The van der Waals surface area contributed by atoms with E-state index in [4.69, 9.17) is 11.6 Å². The zero-order valence-electron chi connectivity index (χ0n) is 13.3. The van der Waals surface area contributed by atoms with Gasteiger partial charge in [0.15, 0.2) is 0 Å². The number of halogens is 1. The second-order valence-corrected chi connectivity index (χ2v) is 8.22. The van der Waals surface area contributed by atoms with Gasteiger partial charge in [0.1, 0.15) is 0 Å². The summed E-state index contributed by atoms with van der Waals surface area (Å²) in [5, 5.41) is 0.643. The van der Waals surface area contributed by atoms with Crippen LogP contribution < -0.4 is 0 Å². The highest BCUT2D eigenvalue weighted by Gasteiger charge is 2.30. The van der Waals surface area contributed by atoms with Crippen molar-refractivity contribution in [2.45, 2.75) is 18.0 Å². The van der Waals surface area contributed by atoms with E-state index in [0.717, 1.165) is 17.0 Å². The summed E-state index contributed by atoms with van der Waals surface area (Å²) in [6.07, 6.45) is 2.98. The molecule has 0 aliphatic carbocycles. The second-order valence-electron chi connectivity index (χ2n) is 5.87. The van der Waals surface area contributed by atoms with Crippen molar-refractivity contribution in [1.29, 1.82) is 0 Å². The molecule has 0 unspecified atom stereocenters. The minimum Gasteiger partial charge on any atom is -0.341 e. The lowest BCUT2D eigenvalue weighted by atomic mass is 10.1. The van der Waals surface area contributed by atoms with Gasteiger partial charge in [-0.2, -0.15) is 4.31 Å². The average Bonchev–Trinajstić information content (AvgIpc) is 2.98. The number of benzene rings is 1. The molecule has 0 saturated heterocycles. The van der Waals surface area contributed by atoms with Crippen molar-refractivity contribution >= 4 is 21.6 Å². The maximum Gasteiger partial charge on any atom is 0.243 e. The number of hydrogen-bond donors (Lipinski definition) is 0. The maximum absolute atomic E-state index is 12.8. The molecule has 0 spiro atoms. The summed E-state index contributed by atoms with van der Waals surface area (Å²) >= 11 is 6.45. The van der Waals surface area contributed by atoms with Crippen molar-refractivity contribution in [1.82, 2.24) is 13.9 Å². The van der Waals surface area contributed by atoms with E-state index in [2.05, 4.69) is 9.55 Å². The molecule has 0 amide bonds. The van der Waals surface area contributed by atoms with Crippen LogP contribution in [0.1, 0.15) is 5.69 Å². The third-order valence-electron chi connectivity index (χ3n) is 4.38. The van der Waals surface area contributed by atoms with Crippen molar-refractivity contribution in [3.63, 3.8) is 0 Å². The predicted molar refractivity (Wildman–Crippen MR) is 96.7 cm³/mol. The highest BCUT2D eigenvalue weighted by Crippen LogP contribution is 2.34. The molecular weight excluding hydrogens is 358 g/mol. The summed E-state index contributed by atoms with van der Waals surface area (Å²) in [6, 6.07) is 14.8. The van der Waals surface area contributed by atoms with Crippen molar-refractivity contribution < 1.29 is 8.42 Å². The third-order valence-corrected chi connectivity index (χ3v) is 6.53. The van der Waals surface area contributed by atoms with Crippen molar-refractivity contribution in [3.8, 4) is 11.3 Å². The Balaban J connectivity index is 1.70. The van der Waals surface area contributed by atoms with Gasteiger partial charge in [-0.05, 0) is 23.8 Å². The van der Waals surface area contributed by atoms with Gasteiger partial charge < -0.3 is 4.57 Å². The Morgan fingerprint density at radius 2 is 1.72 bits per heavy atom. The Morgan fingerprint density at radius 3 is 2.44 bits per heavy atom. The quantitative estimate of drug-likeness (QED) is 0.707. The van der Waals surface area contributed by atoms with Crippen LogP contribution in [-0.4, -0.2) is 28.8 Å². The molecule has 4 rings (SSSR count). The molecule has 0 saturated carbocycles. The highest BCUT2D eigenvalue weighted by molar-refractivity contribution is 7.89. The van der Waals surface area contributed by atoms with Crippen LogP contribution in [0.5, 0.6) is 0 Å². The van der Waals surface area contributed by atoms with E-state index in [1.165, 1.54) is 28.8 Å². The van der Waals surface area contributed by atoms with Gasteiger partial charge in [-0.15, -0.1) is 0 Å². The first-order chi connectivity index (χ1) is 12.1. The van der Waals surface area contributed by atoms with Gasteiger partial charge in [-0.1, -0.05) is 41.9 Å². The first kappa shape index (κ1) is 16.3. The maximum atomic E-state index is 12.8. The lowest BCUT2D eigenvalue weighted by Crippen LogP contribution is -2.38. The van der Waals surface area contributed by atoms with E-state index < -0.39 is 10.0 Å². The number of nitrogens with zero attached hydrogens (tertiary/aromatic N) is 3. The van der Waals surface area contributed by atoms with Crippen molar-refractivity contribution in [2.75, 3.05) is 6.54 Å². The van der Waals surface area contributed by atoms with Gasteiger partial charge in [0.25, 0.3) is 0 Å². The van der Waals surface area contributed by atoms with E-state index in [-0.39, 0.29) is 4.90 Å². The molecule has 7 heteroatoms. The Kier molecular flexibility index (Phi) is 4.11. The molecule has 0 radical (unpaired) electrons. The molecule has 0 bridgehead atoms. The predicted octanol–water partition coefficient (Wildman–Crippen LogP) is 3.41. The summed E-state index contributed by atoms with van der Waals surface area (Å²) in [5.74, 6) is 0. The van der Waals surface area contributed by atoms with Crippen LogP contribution in [0.3, 0.4) is 0 Å². The number of sulfonamides is 1. The topological polar surface area (TPSA) is 55.2 Å². The lowest BCUT2D eigenvalue weighted by Gasteiger charge is -2.29. The summed E-state index contributed by atoms with van der Waals surface area (Å²) in [5.41, 5.74) is 2.87. The fourth-order valence-electron chi connectivity index (χ4n) is 3.18. The van der Waals surface area contributed by atoms with Crippen LogP contribution in [0.15, 0.2) is 65.8 Å². The molecule has 0 atom stereocenters. The van der Waals surface area contributed by atoms with Crippen LogP contribution in [0.2, 0.25) is 5.02 Å². The fourth-order valence-corrected chi connectivity index (χ4v) is 4.90. The van der Waals surface area contributed by atoms with Gasteiger partial charge in [-0.3, -0.25) is 4.98 Å². The first-order valence-electron chi connectivity index (χ1n) is 7.91. The molecule has 0 fully saturated rings. The number of rotatable bonds is 3. The molecule has 3 heterocycles. The fraction of sp³-hybridized carbons (Fsp3) is 0.167. The van der Waals surface area contributed by atoms with Gasteiger partial charge >= 0.3 is 0 Å². The molecule has 25 heavy (non-hydrogen) atoms. The number of pyridine rings is 1. The van der Waals surface area contributed by atoms with Crippen LogP contribution in [-0.2, 0) is 23.1 Å². The third kappa shape index (κ3) is 2.86. The summed E-state index contributed by atoms with van der Waals surface area (Å²) in [4.78, 5) is 4.14. The zero-order chi connectivity index (χ0) is 17.4. The molecular formula is C18H16ClN3O2S. The Hall–Kier alpha value is -2.15. The molecule has 128 valence electrons. The zero-order valence-corrected chi connectivity index (χ0v) is 14.9. The monoisotopic (exact) mass is 373 g/mol. The molecule has 1 aliphatic rings. The highest BCUT2D eigenvalue weighted by atomic mass is 35.5. The van der Waals surface area contributed by atoms with Crippen LogP contribution in [0, 0.1) is 0 Å². The van der Waals surface area contributed by atoms with E-state index in [9.17, 15) is 8.42 Å². The Labute approximate surface area is 151 Å². The van der Waals surface area contributed by atoms with Gasteiger partial charge in [0.05, 0.1) is 22.2 Å². The lowest BCUT2D eigenvalue weighted by molar-refractivity contribution is 0.343. The van der Waals surface area contributed by atoms with Gasteiger partial charge in [-0.25, -0.2) is 8.42 Å². The first-order valence-corrected chi connectivity index (χ1v) is 9.72.